The van der Waals surface area contributed by atoms with E-state index < -0.39 is 6.04 Å². The summed E-state index contributed by atoms with van der Waals surface area (Å²) in [5, 5.41) is 8.38. The lowest BCUT2D eigenvalue weighted by Gasteiger charge is -1.92. The van der Waals surface area contributed by atoms with Crippen molar-refractivity contribution in [1.82, 2.24) is 0 Å². The van der Waals surface area contributed by atoms with Crippen molar-refractivity contribution in [2.24, 2.45) is 4.99 Å². The molecule has 1 atom stereocenters. The van der Waals surface area contributed by atoms with Crippen molar-refractivity contribution in [3.8, 4) is 6.07 Å². The van der Waals surface area contributed by atoms with Crippen molar-refractivity contribution in [2.45, 2.75) is 19.9 Å². The molecule has 0 heterocycles. The van der Waals surface area contributed by atoms with Crippen molar-refractivity contribution in [3.63, 3.8) is 0 Å². The summed E-state index contributed by atoms with van der Waals surface area (Å²) in [5.41, 5.74) is 0.611. The Labute approximate surface area is 60.8 Å². The molecule has 1 unspecified atom stereocenters. The second-order valence-corrected chi connectivity index (χ2v) is 1.78. The highest BCUT2D eigenvalue weighted by molar-refractivity contribution is 5.91. The monoisotopic (exact) mass is 135 g/mol. The van der Waals surface area contributed by atoms with Gasteiger partial charge in [0.1, 0.15) is 5.71 Å². The lowest BCUT2D eigenvalue weighted by atomic mass is 10.2. The zero-order valence-electron chi connectivity index (χ0n) is 6.13. The summed E-state index contributed by atoms with van der Waals surface area (Å²) < 4.78 is 0. The molecule has 0 rings (SSSR count). The van der Waals surface area contributed by atoms with E-state index in [1.54, 1.807) is 6.92 Å². The minimum Gasteiger partial charge on any atom is -0.291 e. The van der Waals surface area contributed by atoms with E-state index in [0.717, 1.165) is 0 Å². The molecule has 0 fully saturated rings. The van der Waals surface area contributed by atoms with Crippen LogP contribution in [0.15, 0.2) is 4.99 Å². The average molecular weight is 135 g/mol. The van der Waals surface area contributed by atoms with Crippen LogP contribution in [-0.4, -0.2) is 18.3 Å². The van der Waals surface area contributed by atoms with Crippen molar-refractivity contribution in [3.05, 3.63) is 11.4 Å². The van der Waals surface area contributed by atoms with Crippen molar-refractivity contribution in [1.29, 1.82) is 5.26 Å². The molecule has 3 heteroatoms. The van der Waals surface area contributed by atoms with Crippen LogP contribution in [0.4, 0.5) is 0 Å². The minimum absolute atomic E-state index is 0.611. The molecule has 3 nitrogen and oxygen atoms in total. The van der Waals surface area contributed by atoms with E-state index in [1.807, 2.05) is 13.0 Å². The van der Waals surface area contributed by atoms with E-state index in [-0.39, 0.29) is 0 Å². The number of hydrogen-bond acceptors (Lipinski definition) is 2. The standard InChI is InChI=1S/C7H9N3/c1-4-10-6(2)7(5-8)9-3/h7H,4H2,1-2H3. The van der Waals surface area contributed by atoms with Crippen LogP contribution in [0.5, 0.6) is 0 Å². The SMILES string of the molecule is [C-]#[N+]C(C#N)C(C)=NCC. The van der Waals surface area contributed by atoms with Gasteiger partial charge in [-0.25, -0.2) is 6.57 Å². The predicted octanol–water partition coefficient (Wildman–Crippen LogP) is 1.28. The topological polar surface area (TPSA) is 40.5 Å². The summed E-state index contributed by atoms with van der Waals surface area (Å²) in [6, 6.07) is 1.17. The van der Waals surface area contributed by atoms with Gasteiger partial charge in [0.2, 0.25) is 0 Å². The van der Waals surface area contributed by atoms with Crippen LogP contribution in [-0.2, 0) is 0 Å². The van der Waals surface area contributed by atoms with Gasteiger partial charge in [-0.3, -0.25) is 9.84 Å². The van der Waals surface area contributed by atoms with Gasteiger partial charge in [-0.15, -0.1) is 0 Å². The first kappa shape index (κ1) is 8.65. The maximum Gasteiger partial charge on any atom is 0.344 e. The molecule has 0 aromatic rings. The molecule has 0 aliphatic rings. The molecular weight excluding hydrogens is 126 g/mol. The number of nitrogens with zero attached hydrogens (tertiary/aromatic N) is 3. The van der Waals surface area contributed by atoms with E-state index in [0.29, 0.717) is 12.3 Å². The largest absolute Gasteiger partial charge is 0.344 e. The van der Waals surface area contributed by atoms with Crippen molar-refractivity contribution >= 4 is 5.71 Å². The molecule has 0 spiro atoms. The molecule has 0 amide bonds. The van der Waals surface area contributed by atoms with Crippen LogP contribution in [0, 0.1) is 17.9 Å². The van der Waals surface area contributed by atoms with Crippen LogP contribution in [0.2, 0.25) is 0 Å². The highest BCUT2D eigenvalue weighted by atomic mass is 14.8. The number of hydrogen-bond donors (Lipinski definition) is 0. The Balaban J connectivity index is 4.22. The summed E-state index contributed by atoms with van der Waals surface area (Å²) in [6.07, 6.45) is 0. The zero-order chi connectivity index (χ0) is 7.98. The van der Waals surface area contributed by atoms with Gasteiger partial charge in [0.15, 0.2) is 6.07 Å². The highest BCUT2D eigenvalue weighted by Gasteiger charge is 2.13. The average Bonchev–Trinajstić information content (AvgIpc) is 1.91. The molecule has 0 saturated carbocycles. The van der Waals surface area contributed by atoms with Crippen LogP contribution in [0.1, 0.15) is 13.8 Å². The van der Waals surface area contributed by atoms with E-state index >= 15 is 0 Å². The van der Waals surface area contributed by atoms with E-state index in [1.165, 1.54) is 0 Å². The molecule has 0 bridgehead atoms. The Morgan fingerprint density at radius 1 is 1.90 bits per heavy atom. The second kappa shape index (κ2) is 4.52. The lowest BCUT2D eigenvalue weighted by Crippen LogP contribution is -2.10. The third-order valence-electron chi connectivity index (χ3n) is 1.05. The third-order valence-corrected chi connectivity index (χ3v) is 1.05. The smallest absolute Gasteiger partial charge is 0.291 e. The van der Waals surface area contributed by atoms with Crippen molar-refractivity contribution < 1.29 is 0 Å². The molecule has 0 aromatic carbocycles. The summed E-state index contributed by atoms with van der Waals surface area (Å²) in [4.78, 5) is 7.03. The fraction of sp³-hybridized carbons (Fsp3) is 0.571. The van der Waals surface area contributed by atoms with Gasteiger partial charge in [-0.1, -0.05) is 0 Å². The Hall–Kier alpha value is -1.35. The second-order valence-electron chi connectivity index (χ2n) is 1.78. The van der Waals surface area contributed by atoms with Crippen molar-refractivity contribution in [2.75, 3.05) is 6.54 Å². The summed E-state index contributed by atoms with van der Waals surface area (Å²) in [7, 11) is 0. The number of aliphatic imine (C=N–C) groups is 1. The van der Waals surface area contributed by atoms with Crippen LogP contribution in [0.3, 0.4) is 0 Å². The van der Waals surface area contributed by atoms with Gasteiger partial charge >= 0.3 is 6.04 Å². The lowest BCUT2D eigenvalue weighted by molar-refractivity contribution is 1.10. The molecule has 0 saturated heterocycles. The maximum absolute atomic E-state index is 8.38. The maximum atomic E-state index is 8.38. The zero-order valence-corrected chi connectivity index (χ0v) is 6.13. The quantitative estimate of drug-likeness (QED) is 0.415. The molecule has 0 radical (unpaired) electrons. The van der Waals surface area contributed by atoms with Gasteiger partial charge in [0, 0.05) is 6.54 Å². The molecular formula is C7H9N3. The number of rotatable bonds is 2. The van der Waals surface area contributed by atoms with Crippen LogP contribution < -0.4 is 0 Å². The van der Waals surface area contributed by atoms with Gasteiger partial charge in [-0.2, -0.15) is 5.26 Å². The van der Waals surface area contributed by atoms with Gasteiger partial charge in [0.25, 0.3) is 0 Å². The van der Waals surface area contributed by atoms with Gasteiger partial charge < -0.3 is 0 Å². The van der Waals surface area contributed by atoms with E-state index in [2.05, 4.69) is 9.84 Å². The van der Waals surface area contributed by atoms with E-state index in [9.17, 15) is 0 Å². The summed E-state index contributed by atoms with van der Waals surface area (Å²) in [5.74, 6) is 0. The van der Waals surface area contributed by atoms with Crippen LogP contribution in [0.25, 0.3) is 4.85 Å². The Morgan fingerprint density at radius 3 is 2.80 bits per heavy atom. The Kier molecular flexibility index (Phi) is 3.91. The Morgan fingerprint density at radius 2 is 2.50 bits per heavy atom. The third kappa shape index (κ3) is 2.28. The molecule has 0 aliphatic heterocycles. The highest BCUT2D eigenvalue weighted by Crippen LogP contribution is 1.92. The molecule has 10 heavy (non-hydrogen) atoms. The summed E-state index contributed by atoms with van der Waals surface area (Å²) >= 11 is 0. The van der Waals surface area contributed by atoms with Gasteiger partial charge in [-0.05, 0) is 13.8 Å². The first-order chi connectivity index (χ1) is 4.76. The van der Waals surface area contributed by atoms with E-state index in [4.69, 9.17) is 11.8 Å². The molecule has 0 aromatic heterocycles. The van der Waals surface area contributed by atoms with Gasteiger partial charge in [0.05, 0.1) is 0 Å². The Bertz CT molecular complexity index is 190. The molecule has 52 valence electrons. The molecule has 0 aliphatic carbocycles. The normalized spacial score (nSPS) is 13.4. The number of nitriles is 1. The minimum atomic E-state index is -0.681. The predicted molar refractivity (Wildman–Crippen MR) is 39.7 cm³/mol. The fourth-order valence-electron chi connectivity index (χ4n) is 0.552. The first-order valence-corrected chi connectivity index (χ1v) is 3.03. The fourth-order valence-corrected chi connectivity index (χ4v) is 0.552. The first-order valence-electron chi connectivity index (χ1n) is 3.03. The van der Waals surface area contributed by atoms with Crippen LogP contribution >= 0.6 is 0 Å². The summed E-state index contributed by atoms with van der Waals surface area (Å²) in [6.45, 7) is 10.8. The molecule has 0 N–H and O–H groups in total.